The summed E-state index contributed by atoms with van der Waals surface area (Å²) in [6.45, 7) is 2.18. The van der Waals surface area contributed by atoms with Gasteiger partial charge in [0.25, 0.3) is 0 Å². The third kappa shape index (κ3) is 27.8. The maximum absolute atomic E-state index is 13.0. The molecule has 2 aliphatic heterocycles. The average molecular weight is 971 g/mol. The molecule has 2 aliphatic rings. The molecular formula is C54H82O15. The number of unbranched alkanes of at least 4 members (excludes halogenated alkanes) is 4. The van der Waals surface area contributed by atoms with E-state index in [0.717, 1.165) is 64.2 Å². The fraction of sp³-hybridized carbons (Fsp3) is 0.593. The second-order valence-corrected chi connectivity index (χ2v) is 16.6. The third-order valence-corrected chi connectivity index (χ3v) is 10.8. The zero-order chi connectivity index (χ0) is 50.3. The van der Waals surface area contributed by atoms with Crippen LogP contribution < -0.4 is 0 Å². The van der Waals surface area contributed by atoms with E-state index in [1.54, 1.807) is 0 Å². The van der Waals surface area contributed by atoms with E-state index in [1.807, 2.05) is 48.6 Å². The maximum Gasteiger partial charge on any atom is 0.306 e. The van der Waals surface area contributed by atoms with Gasteiger partial charge >= 0.3 is 11.9 Å². The number of allylic oxidation sites excluding steroid dienone is 20. The molecule has 0 aromatic rings. The molecule has 0 saturated carbocycles. The van der Waals surface area contributed by atoms with Gasteiger partial charge in [-0.1, -0.05) is 142 Å². The average Bonchev–Trinajstić information content (AvgIpc) is 3.34. The van der Waals surface area contributed by atoms with Gasteiger partial charge in [0.15, 0.2) is 18.7 Å². The number of aliphatic hydroxyl groups is 7. The van der Waals surface area contributed by atoms with Crippen LogP contribution >= 0.6 is 0 Å². The zero-order valence-electron chi connectivity index (χ0n) is 40.7. The minimum Gasteiger partial charge on any atom is -0.462 e. The number of esters is 2. The number of aliphatic hydroxyl groups excluding tert-OH is 7. The number of hydrogen-bond donors (Lipinski definition) is 7. The van der Waals surface area contributed by atoms with Gasteiger partial charge in [0, 0.05) is 12.8 Å². The van der Waals surface area contributed by atoms with Crippen LogP contribution in [0.1, 0.15) is 110 Å². The maximum atomic E-state index is 13.0. The Morgan fingerprint density at radius 3 is 1.54 bits per heavy atom. The van der Waals surface area contributed by atoms with Gasteiger partial charge in [-0.15, -0.1) is 0 Å². The van der Waals surface area contributed by atoms with E-state index in [-0.39, 0.29) is 19.4 Å². The first-order chi connectivity index (χ1) is 33.5. The van der Waals surface area contributed by atoms with E-state index < -0.39 is 99.3 Å². The molecule has 0 amide bonds. The lowest BCUT2D eigenvalue weighted by Crippen LogP contribution is -2.61. The molecule has 0 aliphatic carbocycles. The van der Waals surface area contributed by atoms with Gasteiger partial charge in [-0.2, -0.15) is 0 Å². The van der Waals surface area contributed by atoms with Crippen molar-refractivity contribution in [1.82, 2.24) is 0 Å². The highest BCUT2D eigenvalue weighted by molar-refractivity contribution is 5.70. The molecule has 15 nitrogen and oxygen atoms in total. The Morgan fingerprint density at radius 1 is 0.478 bits per heavy atom. The van der Waals surface area contributed by atoms with Crippen LogP contribution in [0.2, 0.25) is 0 Å². The van der Waals surface area contributed by atoms with Crippen LogP contribution in [0, 0.1) is 0 Å². The molecule has 0 aromatic heterocycles. The van der Waals surface area contributed by atoms with Crippen molar-refractivity contribution in [3.63, 3.8) is 0 Å². The molecule has 5 unspecified atom stereocenters. The number of carbonyl (C=O) groups is 2. The van der Waals surface area contributed by atoms with Gasteiger partial charge in [0.05, 0.1) is 19.8 Å². The van der Waals surface area contributed by atoms with Crippen molar-refractivity contribution in [3.8, 4) is 0 Å². The molecule has 0 aromatic carbocycles. The summed E-state index contributed by atoms with van der Waals surface area (Å²) < 4.78 is 33.4. The molecule has 388 valence electrons. The van der Waals surface area contributed by atoms with Crippen LogP contribution in [-0.2, 0) is 38.0 Å². The van der Waals surface area contributed by atoms with E-state index in [0.29, 0.717) is 19.3 Å². The molecule has 11 atom stereocenters. The molecule has 69 heavy (non-hydrogen) atoms. The molecular weight excluding hydrogens is 889 g/mol. The van der Waals surface area contributed by atoms with Crippen molar-refractivity contribution in [1.29, 1.82) is 0 Å². The Labute approximate surface area is 410 Å². The predicted octanol–water partition coefficient (Wildman–Crippen LogP) is 6.54. The Morgan fingerprint density at radius 2 is 0.957 bits per heavy atom. The minimum atomic E-state index is -1.79. The normalized spacial score (nSPS) is 26.6. The molecule has 0 radical (unpaired) electrons. The largest absolute Gasteiger partial charge is 0.462 e. The fourth-order valence-electron chi connectivity index (χ4n) is 6.77. The van der Waals surface area contributed by atoms with Crippen molar-refractivity contribution in [2.24, 2.45) is 0 Å². The van der Waals surface area contributed by atoms with Crippen LogP contribution in [-0.4, -0.2) is 142 Å². The monoisotopic (exact) mass is 971 g/mol. The highest BCUT2D eigenvalue weighted by Gasteiger charge is 2.47. The summed E-state index contributed by atoms with van der Waals surface area (Å²) in [6.07, 6.45) is 35.3. The van der Waals surface area contributed by atoms with Gasteiger partial charge in [-0.05, 0) is 77.0 Å². The molecule has 2 rings (SSSR count). The van der Waals surface area contributed by atoms with E-state index in [1.165, 1.54) is 0 Å². The number of rotatable bonds is 35. The molecule has 2 fully saturated rings. The molecule has 0 spiro atoms. The Bertz CT molecular complexity index is 1660. The van der Waals surface area contributed by atoms with Crippen molar-refractivity contribution in [3.05, 3.63) is 122 Å². The second kappa shape index (κ2) is 39.6. The zero-order valence-corrected chi connectivity index (χ0v) is 40.7. The Kier molecular flexibility index (Phi) is 35.0. The molecule has 0 bridgehead atoms. The molecule has 2 heterocycles. The van der Waals surface area contributed by atoms with Crippen molar-refractivity contribution in [2.75, 3.05) is 26.4 Å². The summed E-state index contributed by atoms with van der Waals surface area (Å²) in [7, 11) is 0. The van der Waals surface area contributed by atoms with Crippen molar-refractivity contribution >= 4 is 11.9 Å². The molecule has 15 heteroatoms. The molecule has 7 N–H and O–H groups in total. The highest BCUT2D eigenvalue weighted by atomic mass is 16.7. The van der Waals surface area contributed by atoms with Crippen molar-refractivity contribution in [2.45, 2.75) is 178 Å². The van der Waals surface area contributed by atoms with E-state index in [4.69, 9.17) is 28.4 Å². The quantitative estimate of drug-likeness (QED) is 0.0155. The van der Waals surface area contributed by atoms with Crippen LogP contribution in [0.15, 0.2) is 122 Å². The van der Waals surface area contributed by atoms with Gasteiger partial charge in [0.1, 0.15) is 55.4 Å². The summed E-state index contributed by atoms with van der Waals surface area (Å²) in [4.78, 5) is 25.7. The van der Waals surface area contributed by atoms with E-state index in [9.17, 15) is 45.3 Å². The lowest BCUT2D eigenvalue weighted by Gasteiger charge is -2.42. The van der Waals surface area contributed by atoms with Crippen LogP contribution in [0.25, 0.3) is 0 Å². The van der Waals surface area contributed by atoms with Gasteiger partial charge in [-0.25, -0.2) is 0 Å². The number of carbonyl (C=O) groups excluding carboxylic acids is 2. The van der Waals surface area contributed by atoms with Crippen molar-refractivity contribution < 1.29 is 73.8 Å². The summed E-state index contributed by atoms with van der Waals surface area (Å²) in [5.74, 6) is -1.06. The highest BCUT2D eigenvalue weighted by Crippen LogP contribution is 2.26. The van der Waals surface area contributed by atoms with E-state index in [2.05, 4.69) is 86.8 Å². The lowest BCUT2D eigenvalue weighted by molar-refractivity contribution is -0.332. The van der Waals surface area contributed by atoms with Gasteiger partial charge < -0.3 is 64.2 Å². The van der Waals surface area contributed by atoms with Crippen LogP contribution in [0.3, 0.4) is 0 Å². The second-order valence-electron chi connectivity index (χ2n) is 16.6. The SMILES string of the molecule is CC/C=C/C=C/C=C/C=C/CCCCCC(=O)OC(COC(=O)CCC/C=C/C/C=C/C/C=C/C/C=C/C/C=C/C/C=C/CC)CO[C@@H]1O[C@H](CO[C@@H]2O[C@H](CO)[C@H](O)C(O)C2O)[C@H](O)C(O)C1O. The van der Waals surface area contributed by atoms with Gasteiger partial charge in [-0.3, -0.25) is 9.59 Å². The number of hydrogen-bond acceptors (Lipinski definition) is 15. The summed E-state index contributed by atoms with van der Waals surface area (Å²) in [6, 6.07) is 0. The number of ether oxygens (including phenoxy) is 6. The van der Waals surface area contributed by atoms with E-state index >= 15 is 0 Å². The summed E-state index contributed by atoms with van der Waals surface area (Å²) >= 11 is 0. The smallest absolute Gasteiger partial charge is 0.306 e. The Balaban J connectivity index is 1.86. The molecule has 2 saturated heterocycles. The third-order valence-electron chi connectivity index (χ3n) is 10.8. The summed E-state index contributed by atoms with van der Waals surface area (Å²) in [5.41, 5.74) is 0. The topological polar surface area (TPSA) is 231 Å². The van der Waals surface area contributed by atoms with Crippen LogP contribution in [0.5, 0.6) is 0 Å². The van der Waals surface area contributed by atoms with Gasteiger partial charge in [0.2, 0.25) is 0 Å². The predicted molar refractivity (Wildman–Crippen MR) is 265 cm³/mol. The standard InChI is InChI=1S/C54H82O15/c1-3-5-7-9-11-13-15-17-18-19-20-21-22-23-25-26-28-30-32-34-36-45(56)64-39-42(67-46(57)37-35-33-31-29-27-24-16-14-12-10-8-6-4-2)40-65-53-52(63)50(61)48(59)44(69-53)41-66-54-51(62)49(60)47(58)43(38-55)68-54/h5-8,10-14,16-18,20-21,23-25,27-28,30,42-44,47-55,58-63H,3-4,9,15,19,22,26,29,31-41H2,1-2H3/b7-5+,8-6+,12-10+,13-11+,16-14+,18-17+,21-20+,25-23+,27-24+,30-28+/t42?,43-,44-,47+,48+,49?,50?,51?,52?,53-,54-/m1/s1. The Hall–Kier alpha value is -4.10. The minimum absolute atomic E-state index is 0.0981. The fourth-order valence-corrected chi connectivity index (χ4v) is 6.77. The van der Waals surface area contributed by atoms with Crippen LogP contribution in [0.4, 0.5) is 0 Å². The lowest BCUT2D eigenvalue weighted by atomic mass is 9.98. The first-order valence-electron chi connectivity index (χ1n) is 24.7. The first kappa shape index (κ1) is 61.0. The first-order valence-corrected chi connectivity index (χ1v) is 24.7. The summed E-state index contributed by atoms with van der Waals surface area (Å²) in [5, 5.41) is 72.0.